The Morgan fingerprint density at radius 3 is 2.52 bits per heavy atom. The highest BCUT2D eigenvalue weighted by molar-refractivity contribution is 9.10. The Labute approximate surface area is 137 Å². The fourth-order valence-corrected chi connectivity index (χ4v) is 3.29. The van der Waals surface area contributed by atoms with E-state index in [4.69, 9.17) is 0 Å². The average Bonchev–Trinajstić information content (AvgIpc) is 2.81. The molecular weight excluding hydrogens is 394 g/mol. The summed E-state index contributed by atoms with van der Waals surface area (Å²) in [5.74, 6) is 0.804. The fourth-order valence-electron chi connectivity index (χ4n) is 2.63. The van der Waals surface area contributed by atoms with Crippen LogP contribution >= 0.6 is 31.9 Å². The largest absolute Gasteiger partial charge is 0.292 e. The molecule has 2 aromatic carbocycles. The van der Waals surface area contributed by atoms with Crippen LogP contribution in [0.25, 0.3) is 27.6 Å². The zero-order chi connectivity index (χ0) is 14.4. The normalized spacial score (nSPS) is 11.3. The molecule has 0 fully saturated rings. The highest BCUT2D eigenvalue weighted by Gasteiger charge is 2.13. The summed E-state index contributed by atoms with van der Waals surface area (Å²) in [7, 11) is 0. The summed E-state index contributed by atoms with van der Waals surface area (Å²) in [6.07, 6.45) is 3.46. The van der Waals surface area contributed by atoms with Crippen molar-refractivity contribution in [3.05, 3.63) is 63.9 Å². The molecule has 0 saturated carbocycles. The predicted octanol–water partition coefficient (Wildman–Crippen LogP) is 5.10. The Morgan fingerprint density at radius 2 is 1.67 bits per heavy atom. The number of para-hydroxylation sites is 1. The van der Waals surface area contributed by atoms with Gasteiger partial charge in [-0.2, -0.15) is 0 Å². The Balaban J connectivity index is 2.20. The van der Waals surface area contributed by atoms with Gasteiger partial charge in [-0.3, -0.25) is 9.55 Å². The highest BCUT2D eigenvalue weighted by Crippen LogP contribution is 2.33. The summed E-state index contributed by atoms with van der Waals surface area (Å²) in [5.41, 5.74) is 2.24. The number of hydrogen-bond donors (Lipinski definition) is 0. The van der Waals surface area contributed by atoms with Crippen molar-refractivity contribution in [2.75, 3.05) is 0 Å². The van der Waals surface area contributed by atoms with Gasteiger partial charge >= 0.3 is 0 Å². The minimum absolute atomic E-state index is 0.725. The number of hydrogen-bond acceptors (Lipinski definition) is 2. The van der Waals surface area contributed by atoms with Gasteiger partial charge in [0.2, 0.25) is 0 Å². The van der Waals surface area contributed by atoms with Crippen LogP contribution in [0.15, 0.2) is 63.9 Å². The fraction of sp³-hybridized carbons (Fsp3) is 0. The summed E-state index contributed by atoms with van der Waals surface area (Å²) >= 11 is 6.94. The molecule has 2 heterocycles. The Morgan fingerprint density at radius 1 is 0.857 bits per heavy atom. The van der Waals surface area contributed by atoms with E-state index in [2.05, 4.69) is 76.7 Å². The summed E-state index contributed by atoms with van der Waals surface area (Å²) in [4.78, 5) is 8.78. The van der Waals surface area contributed by atoms with Gasteiger partial charge in [0.15, 0.2) is 5.82 Å². The molecule has 0 radical (unpaired) electrons. The second-order valence-electron chi connectivity index (χ2n) is 4.71. The topological polar surface area (TPSA) is 30.7 Å². The summed E-state index contributed by atoms with van der Waals surface area (Å²) in [6.45, 7) is 0. The van der Waals surface area contributed by atoms with Crippen molar-refractivity contribution in [1.82, 2.24) is 14.5 Å². The molecule has 2 aromatic heterocycles. The molecule has 0 unspecified atom stereocenters. The van der Waals surface area contributed by atoms with E-state index in [-0.39, 0.29) is 0 Å². The summed E-state index contributed by atoms with van der Waals surface area (Å²) in [5, 5.41) is 2.40. The van der Waals surface area contributed by atoms with E-state index in [0.29, 0.717) is 0 Å². The Kier molecular flexibility index (Phi) is 3.05. The molecule has 0 spiro atoms. The van der Waals surface area contributed by atoms with Crippen molar-refractivity contribution in [2.45, 2.75) is 0 Å². The van der Waals surface area contributed by atoms with Gasteiger partial charge in [0, 0.05) is 15.2 Å². The molecule has 0 aliphatic rings. The second-order valence-corrected chi connectivity index (χ2v) is 6.44. The van der Waals surface area contributed by atoms with E-state index >= 15 is 0 Å². The van der Waals surface area contributed by atoms with Crippen LogP contribution in [0, 0.1) is 0 Å². The van der Waals surface area contributed by atoms with E-state index in [1.54, 1.807) is 12.4 Å². The van der Waals surface area contributed by atoms with Crippen molar-refractivity contribution in [3.8, 4) is 5.82 Å². The van der Waals surface area contributed by atoms with E-state index in [0.717, 1.165) is 25.9 Å². The van der Waals surface area contributed by atoms with Gasteiger partial charge in [0.05, 0.1) is 23.4 Å². The molecule has 0 atom stereocenters. The van der Waals surface area contributed by atoms with Crippen molar-refractivity contribution in [3.63, 3.8) is 0 Å². The van der Waals surface area contributed by atoms with Crippen LogP contribution in [-0.2, 0) is 0 Å². The van der Waals surface area contributed by atoms with E-state index in [9.17, 15) is 0 Å². The molecule has 0 N–H and O–H groups in total. The molecule has 0 aliphatic heterocycles. The third-order valence-corrected chi connectivity index (χ3v) is 4.33. The number of aromatic nitrogens is 3. The minimum Gasteiger partial charge on any atom is -0.292 e. The first-order valence-electron chi connectivity index (χ1n) is 6.41. The van der Waals surface area contributed by atoms with Crippen LogP contribution in [0.4, 0.5) is 0 Å². The maximum atomic E-state index is 4.54. The molecular formula is C16H9Br2N3. The van der Waals surface area contributed by atoms with Gasteiger partial charge in [-0.05, 0) is 40.2 Å². The van der Waals surface area contributed by atoms with Crippen molar-refractivity contribution >= 4 is 53.7 Å². The second kappa shape index (κ2) is 4.93. The van der Waals surface area contributed by atoms with Crippen molar-refractivity contribution in [2.24, 2.45) is 0 Å². The first kappa shape index (κ1) is 13.0. The molecule has 0 amide bonds. The lowest BCUT2D eigenvalue weighted by Gasteiger charge is -2.06. The zero-order valence-corrected chi connectivity index (χ0v) is 14.0. The Bertz CT molecular complexity index is 976. The number of fused-ring (bicyclic) bond motifs is 3. The minimum atomic E-state index is 0.725. The highest BCUT2D eigenvalue weighted by atomic mass is 79.9. The van der Waals surface area contributed by atoms with Crippen molar-refractivity contribution < 1.29 is 0 Å². The average molecular weight is 403 g/mol. The first-order chi connectivity index (χ1) is 10.2. The lowest BCUT2D eigenvalue weighted by molar-refractivity contribution is 1.02. The van der Waals surface area contributed by atoms with Crippen LogP contribution in [0.3, 0.4) is 0 Å². The number of halogens is 2. The van der Waals surface area contributed by atoms with Crippen LogP contribution in [-0.4, -0.2) is 14.5 Å². The molecule has 5 heteroatoms. The summed E-state index contributed by atoms with van der Waals surface area (Å²) < 4.78 is 3.93. The van der Waals surface area contributed by atoms with Crippen LogP contribution in [0.1, 0.15) is 0 Å². The number of nitrogens with zero attached hydrogens (tertiary/aromatic N) is 3. The maximum absolute atomic E-state index is 4.54. The quantitative estimate of drug-likeness (QED) is 0.443. The van der Waals surface area contributed by atoms with Crippen LogP contribution in [0.2, 0.25) is 0 Å². The maximum Gasteiger partial charge on any atom is 0.157 e. The van der Waals surface area contributed by atoms with E-state index < -0.39 is 0 Å². The number of benzene rings is 2. The van der Waals surface area contributed by atoms with Gasteiger partial charge in [-0.25, -0.2) is 4.98 Å². The molecule has 0 saturated heterocycles. The third kappa shape index (κ3) is 2.08. The molecule has 21 heavy (non-hydrogen) atoms. The zero-order valence-electron chi connectivity index (χ0n) is 10.8. The molecule has 0 bridgehead atoms. The monoisotopic (exact) mass is 401 g/mol. The Hall–Kier alpha value is -1.72. The molecule has 102 valence electrons. The molecule has 3 nitrogen and oxygen atoms in total. The van der Waals surface area contributed by atoms with Crippen LogP contribution in [0.5, 0.6) is 0 Å². The standard InChI is InChI=1S/C16H9Br2N3/c17-10-5-6-14-12(7-10)11-3-1-2-4-13(11)21(14)16-9-19-8-15(18)20-16/h1-9H. The lowest BCUT2D eigenvalue weighted by atomic mass is 10.2. The van der Waals surface area contributed by atoms with Gasteiger partial charge in [0.25, 0.3) is 0 Å². The van der Waals surface area contributed by atoms with Crippen molar-refractivity contribution in [1.29, 1.82) is 0 Å². The van der Waals surface area contributed by atoms with E-state index in [1.165, 1.54) is 10.8 Å². The molecule has 4 rings (SSSR count). The van der Waals surface area contributed by atoms with Gasteiger partial charge in [-0.15, -0.1) is 0 Å². The van der Waals surface area contributed by atoms with E-state index in [1.807, 2.05) is 12.1 Å². The SMILES string of the molecule is Brc1ccc2c(c1)c1ccccc1n2-c1cncc(Br)n1. The van der Waals surface area contributed by atoms with Crippen LogP contribution < -0.4 is 0 Å². The smallest absolute Gasteiger partial charge is 0.157 e. The van der Waals surface area contributed by atoms with Gasteiger partial charge in [-0.1, -0.05) is 34.1 Å². The first-order valence-corrected chi connectivity index (χ1v) is 7.99. The molecule has 0 aliphatic carbocycles. The lowest BCUT2D eigenvalue weighted by Crippen LogP contribution is -1.98. The molecule has 4 aromatic rings. The van der Waals surface area contributed by atoms with Gasteiger partial charge in [0.1, 0.15) is 4.60 Å². The van der Waals surface area contributed by atoms with Gasteiger partial charge < -0.3 is 0 Å². The third-order valence-electron chi connectivity index (χ3n) is 3.46. The summed E-state index contributed by atoms with van der Waals surface area (Å²) in [6, 6.07) is 14.6. The predicted molar refractivity (Wildman–Crippen MR) is 91.8 cm³/mol. The number of rotatable bonds is 1.